The highest BCUT2D eigenvalue weighted by Gasteiger charge is 2.19. The van der Waals surface area contributed by atoms with Crippen molar-refractivity contribution < 1.29 is 9.53 Å². The lowest BCUT2D eigenvalue weighted by molar-refractivity contribution is 0.111. The third kappa shape index (κ3) is 2.13. The molecule has 2 heterocycles. The van der Waals surface area contributed by atoms with E-state index in [2.05, 4.69) is 18.0 Å². The Morgan fingerprint density at radius 3 is 2.73 bits per heavy atom. The van der Waals surface area contributed by atoms with Crippen molar-refractivity contribution in [2.24, 2.45) is 0 Å². The number of rotatable bonds is 4. The third-order valence-corrected chi connectivity index (χ3v) is 5.05. The minimum atomic E-state index is 0.634. The van der Waals surface area contributed by atoms with Crippen molar-refractivity contribution in [1.82, 2.24) is 9.38 Å². The van der Waals surface area contributed by atoms with Crippen molar-refractivity contribution in [2.75, 3.05) is 7.11 Å². The van der Waals surface area contributed by atoms with Crippen molar-refractivity contribution in [3.63, 3.8) is 0 Å². The van der Waals surface area contributed by atoms with Gasteiger partial charge in [0.25, 0.3) is 0 Å². The van der Waals surface area contributed by atoms with E-state index in [1.165, 1.54) is 4.88 Å². The molecule has 0 aliphatic heterocycles. The van der Waals surface area contributed by atoms with Gasteiger partial charge < -0.3 is 4.74 Å². The van der Waals surface area contributed by atoms with E-state index in [0.717, 1.165) is 45.9 Å². The van der Waals surface area contributed by atoms with Gasteiger partial charge in [-0.15, -0.1) is 11.3 Å². The van der Waals surface area contributed by atoms with Gasteiger partial charge in [-0.1, -0.05) is 6.92 Å². The Kier molecular flexibility index (Phi) is 3.74. The third-order valence-electron chi connectivity index (χ3n) is 3.87. The van der Waals surface area contributed by atoms with Gasteiger partial charge in [0.15, 0.2) is 11.2 Å². The molecule has 0 aliphatic carbocycles. The number of carbonyl (C=O) groups excluding carboxylic acids is 1. The molecule has 114 valence electrons. The number of carbonyl (C=O) groups is 1. The molecule has 4 nitrogen and oxygen atoms in total. The summed E-state index contributed by atoms with van der Waals surface area (Å²) >= 11 is 1.65. The van der Waals surface area contributed by atoms with Crippen LogP contribution in [-0.2, 0) is 6.42 Å². The van der Waals surface area contributed by atoms with E-state index in [4.69, 9.17) is 4.74 Å². The summed E-state index contributed by atoms with van der Waals surface area (Å²) in [4.78, 5) is 18.1. The van der Waals surface area contributed by atoms with E-state index >= 15 is 0 Å². The highest BCUT2D eigenvalue weighted by atomic mass is 32.1. The molecule has 3 aromatic rings. The van der Waals surface area contributed by atoms with Gasteiger partial charge in [-0.05, 0) is 44.0 Å². The Balaban J connectivity index is 2.33. The maximum absolute atomic E-state index is 11.5. The number of aryl methyl sites for hydroxylation is 3. The van der Waals surface area contributed by atoms with Crippen LogP contribution in [0.4, 0.5) is 0 Å². The van der Waals surface area contributed by atoms with Gasteiger partial charge >= 0.3 is 0 Å². The number of hydrogen-bond donors (Lipinski definition) is 0. The normalized spacial score (nSPS) is 11.1. The van der Waals surface area contributed by atoms with Crippen LogP contribution in [0, 0.1) is 13.8 Å². The molecule has 0 spiro atoms. The lowest BCUT2D eigenvalue weighted by Crippen LogP contribution is -1.97. The van der Waals surface area contributed by atoms with E-state index in [9.17, 15) is 4.79 Å². The SMILES string of the molecule is CCc1sc2nc(C)c(C=O)n2c1-c1ccc(OC)c(C)c1. The number of thiazole rings is 1. The zero-order valence-corrected chi connectivity index (χ0v) is 14.0. The maximum Gasteiger partial charge on any atom is 0.195 e. The first-order valence-electron chi connectivity index (χ1n) is 7.21. The molecule has 0 unspecified atom stereocenters. The first kappa shape index (κ1) is 14.8. The fraction of sp³-hybridized carbons (Fsp3) is 0.294. The van der Waals surface area contributed by atoms with E-state index in [-0.39, 0.29) is 0 Å². The molecule has 5 heteroatoms. The molecule has 0 aliphatic rings. The second-order valence-electron chi connectivity index (χ2n) is 5.23. The maximum atomic E-state index is 11.5. The van der Waals surface area contributed by atoms with Gasteiger partial charge in [0.2, 0.25) is 0 Å². The predicted molar refractivity (Wildman–Crippen MR) is 89.3 cm³/mol. The van der Waals surface area contributed by atoms with Gasteiger partial charge in [0.05, 0.1) is 18.5 Å². The van der Waals surface area contributed by atoms with Crippen LogP contribution in [0.3, 0.4) is 0 Å². The van der Waals surface area contributed by atoms with Gasteiger partial charge in [0, 0.05) is 10.4 Å². The molecule has 0 amide bonds. The average molecular weight is 314 g/mol. The summed E-state index contributed by atoms with van der Waals surface area (Å²) in [5.41, 5.74) is 4.63. The summed E-state index contributed by atoms with van der Waals surface area (Å²) in [6.45, 7) is 6.02. The summed E-state index contributed by atoms with van der Waals surface area (Å²) in [7, 11) is 1.67. The van der Waals surface area contributed by atoms with Crippen molar-refractivity contribution in [3.05, 3.63) is 40.0 Å². The highest BCUT2D eigenvalue weighted by Crippen LogP contribution is 2.35. The van der Waals surface area contributed by atoms with E-state index < -0.39 is 0 Å². The zero-order chi connectivity index (χ0) is 15.9. The Bertz CT molecular complexity index is 861. The standard InChI is InChI=1S/C17H18N2O2S/c1-5-15-16(12-6-7-14(21-4)10(2)8-12)19-13(9-20)11(3)18-17(19)22-15/h6-9H,5H2,1-4H3. The number of imidazole rings is 1. The molecule has 22 heavy (non-hydrogen) atoms. The van der Waals surface area contributed by atoms with Gasteiger partial charge in [-0.25, -0.2) is 4.98 Å². The Morgan fingerprint density at radius 2 is 2.14 bits per heavy atom. The Morgan fingerprint density at radius 1 is 1.36 bits per heavy atom. The largest absolute Gasteiger partial charge is 0.496 e. The summed E-state index contributed by atoms with van der Waals surface area (Å²) < 4.78 is 7.32. The fourth-order valence-electron chi connectivity index (χ4n) is 2.78. The van der Waals surface area contributed by atoms with Gasteiger partial charge in [-0.2, -0.15) is 0 Å². The molecule has 1 aromatic carbocycles. The number of benzene rings is 1. The molecule has 3 rings (SSSR count). The molecule has 0 saturated heterocycles. The van der Waals surface area contributed by atoms with Gasteiger partial charge in [-0.3, -0.25) is 9.20 Å². The number of methoxy groups -OCH3 is 1. The second kappa shape index (κ2) is 5.57. The van der Waals surface area contributed by atoms with Crippen molar-refractivity contribution in [2.45, 2.75) is 27.2 Å². The monoisotopic (exact) mass is 314 g/mol. The van der Waals surface area contributed by atoms with Crippen LogP contribution >= 0.6 is 11.3 Å². The summed E-state index contributed by atoms with van der Waals surface area (Å²) in [5, 5.41) is 0. The minimum Gasteiger partial charge on any atom is -0.496 e. The summed E-state index contributed by atoms with van der Waals surface area (Å²) in [6.07, 6.45) is 1.80. The quantitative estimate of drug-likeness (QED) is 0.682. The van der Waals surface area contributed by atoms with E-state index in [0.29, 0.717) is 5.69 Å². The average Bonchev–Trinajstić information content (AvgIpc) is 3.00. The summed E-state index contributed by atoms with van der Waals surface area (Å²) in [6, 6.07) is 6.11. The van der Waals surface area contributed by atoms with Crippen molar-refractivity contribution in [3.8, 4) is 17.0 Å². The minimum absolute atomic E-state index is 0.634. The lowest BCUT2D eigenvalue weighted by atomic mass is 10.1. The number of hydrogen-bond acceptors (Lipinski definition) is 4. The number of ether oxygens (including phenoxy) is 1. The van der Waals surface area contributed by atoms with E-state index in [1.807, 2.05) is 30.4 Å². The molecule has 2 aromatic heterocycles. The van der Waals surface area contributed by atoms with Gasteiger partial charge in [0.1, 0.15) is 11.4 Å². The zero-order valence-electron chi connectivity index (χ0n) is 13.1. The molecule has 0 radical (unpaired) electrons. The molecule has 0 N–H and O–H groups in total. The molecular weight excluding hydrogens is 296 g/mol. The lowest BCUT2D eigenvalue weighted by Gasteiger charge is -2.09. The second-order valence-corrected chi connectivity index (χ2v) is 6.29. The predicted octanol–water partition coefficient (Wildman–Crippen LogP) is 4.06. The Hall–Kier alpha value is -2.14. The first-order chi connectivity index (χ1) is 10.6. The van der Waals surface area contributed by atoms with Crippen molar-refractivity contribution >= 4 is 22.6 Å². The Labute approximate surface area is 133 Å². The number of fused-ring (bicyclic) bond motifs is 1. The van der Waals surface area contributed by atoms with E-state index in [1.54, 1.807) is 18.4 Å². The van der Waals surface area contributed by atoms with Crippen LogP contribution in [-0.4, -0.2) is 22.8 Å². The smallest absolute Gasteiger partial charge is 0.195 e. The molecule has 0 saturated carbocycles. The molecule has 0 bridgehead atoms. The fourth-order valence-corrected chi connectivity index (χ4v) is 3.91. The summed E-state index contributed by atoms with van der Waals surface area (Å²) in [5.74, 6) is 0.866. The molecule has 0 fully saturated rings. The molecule has 0 atom stereocenters. The van der Waals surface area contributed by atoms with Crippen molar-refractivity contribution in [1.29, 1.82) is 0 Å². The first-order valence-corrected chi connectivity index (χ1v) is 8.03. The number of nitrogens with zero attached hydrogens (tertiary/aromatic N) is 2. The van der Waals surface area contributed by atoms with Crippen LogP contribution in [0.25, 0.3) is 16.2 Å². The number of aromatic nitrogens is 2. The topological polar surface area (TPSA) is 43.6 Å². The molecular formula is C17H18N2O2S. The van der Waals surface area contributed by atoms with Crippen LogP contribution < -0.4 is 4.74 Å². The van der Waals surface area contributed by atoms with Crippen LogP contribution in [0.1, 0.15) is 33.5 Å². The van der Waals surface area contributed by atoms with Crippen LogP contribution in [0.15, 0.2) is 18.2 Å². The van der Waals surface area contributed by atoms with Crippen LogP contribution in [0.2, 0.25) is 0 Å². The number of aldehydes is 1. The van der Waals surface area contributed by atoms with Crippen LogP contribution in [0.5, 0.6) is 5.75 Å². The highest BCUT2D eigenvalue weighted by molar-refractivity contribution is 7.17.